The molecule has 0 aliphatic heterocycles. The van der Waals surface area contributed by atoms with Gasteiger partial charge in [0.15, 0.2) is 0 Å². The summed E-state index contributed by atoms with van der Waals surface area (Å²) in [5.41, 5.74) is 12.5. The average Bonchev–Trinajstić information content (AvgIpc) is 2.35. The normalized spacial score (nSPS) is 11.5. The Morgan fingerprint density at radius 2 is 1.65 bits per heavy atom. The van der Waals surface area contributed by atoms with Crippen LogP contribution in [0, 0.1) is 0 Å². The van der Waals surface area contributed by atoms with Crippen LogP contribution in [-0.2, 0) is 0 Å². The highest BCUT2D eigenvalue weighted by molar-refractivity contribution is 5.85. The summed E-state index contributed by atoms with van der Waals surface area (Å²) in [7, 11) is 3.26. The van der Waals surface area contributed by atoms with Gasteiger partial charge in [0.25, 0.3) is 0 Å². The Balaban J connectivity index is 0.00000256. The smallest absolute Gasteiger partial charge is 0.122 e. The van der Waals surface area contributed by atoms with E-state index < -0.39 is 0 Å². The van der Waals surface area contributed by atoms with E-state index >= 15 is 0 Å². The number of rotatable bonds is 6. The van der Waals surface area contributed by atoms with E-state index in [1.165, 1.54) is 0 Å². The first kappa shape index (κ1) is 16.0. The molecule has 0 spiro atoms. The van der Waals surface area contributed by atoms with Crippen LogP contribution < -0.4 is 20.9 Å². The first-order valence-corrected chi connectivity index (χ1v) is 5.40. The van der Waals surface area contributed by atoms with E-state index in [4.69, 9.17) is 20.9 Å². The minimum absolute atomic E-state index is 0. The van der Waals surface area contributed by atoms with E-state index in [1.54, 1.807) is 14.2 Å². The lowest BCUT2D eigenvalue weighted by Crippen LogP contribution is -2.12. The largest absolute Gasteiger partial charge is 0.497 e. The summed E-state index contributed by atoms with van der Waals surface area (Å²) >= 11 is 0. The minimum Gasteiger partial charge on any atom is -0.497 e. The van der Waals surface area contributed by atoms with Crippen molar-refractivity contribution in [3.05, 3.63) is 23.8 Å². The van der Waals surface area contributed by atoms with Crippen molar-refractivity contribution in [3.63, 3.8) is 0 Å². The molecule has 0 saturated heterocycles. The topological polar surface area (TPSA) is 70.5 Å². The summed E-state index contributed by atoms with van der Waals surface area (Å²) < 4.78 is 10.4. The molecule has 0 aromatic heterocycles. The molecule has 1 rings (SSSR count). The fraction of sp³-hybridized carbons (Fsp3) is 0.500. The van der Waals surface area contributed by atoms with Crippen molar-refractivity contribution in [2.24, 2.45) is 11.5 Å². The molecule has 1 aromatic rings. The molecule has 0 saturated carbocycles. The molecule has 5 heteroatoms. The lowest BCUT2D eigenvalue weighted by molar-refractivity contribution is 0.392. The van der Waals surface area contributed by atoms with Crippen LogP contribution in [0.4, 0.5) is 0 Å². The van der Waals surface area contributed by atoms with Gasteiger partial charge in [-0.2, -0.15) is 0 Å². The number of benzene rings is 1. The second kappa shape index (κ2) is 8.17. The number of hydrogen-bond acceptors (Lipinski definition) is 4. The molecule has 0 amide bonds. The molecule has 4 N–H and O–H groups in total. The number of halogens is 1. The van der Waals surface area contributed by atoms with Gasteiger partial charge in [0.2, 0.25) is 0 Å². The van der Waals surface area contributed by atoms with E-state index in [9.17, 15) is 0 Å². The number of ether oxygens (including phenoxy) is 2. The molecule has 0 aliphatic rings. The standard InChI is InChI=1S/C12H20N2O2.ClH/c1-15-10-6-9(7-11(8-10)16-2)12(14)4-3-5-13;/h6-8,12H,3-5,13-14H2,1-2H3;1H/t12-;/m1./s1. The van der Waals surface area contributed by atoms with Gasteiger partial charge < -0.3 is 20.9 Å². The van der Waals surface area contributed by atoms with Crippen LogP contribution in [-0.4, -0.2) is 20.8 Å². The molecule has 1 aromatic carbocycles. The highest BCUT2D eigenvalue weighted by Crippen LogP contribution is 2.27. The summed E-state index contributed by atoms with van der Waals surface area (Å²) in [5, 5.41) is 0. The van der Waals surface area contributed by atoms with Crippen LogP contribution in [0.3, 0.4) is 0 Å². The molecule has 4 nitrogen and oxygen atoms in total. The third-order valence-corrected chi connectivity index (χ3v) is 2.52. The van der Waals surface area contributed by atoms with Crippen LogP contribution in [0.15, 0.2) is 18.2 Å². The predicted molar refractivity (Wildman–Crippen MR) is 72.0 cm³/mol. The Labute approximate surface area is 109 Å². The number of nitrogens with two attached hydrogens (primary N) is 2. The van der Waals surface area contributed by atoms with Crippen molar-refractivity contribution in [1.82, 2.24) is 0 Å². The van der Waals surface area contributed by atoms with Crippen molar-refractivity contribution in [2.75, 3.05) is 20.8 Å². The first-order chi connectivity index (χ1) is 7.71. The van der Waals surface area contributed by atoms with Crippen LogP contribution in [0.1, 0.15) is 24.4 Å². The van der Waals surface area contributed by atoms with Crippen molar-refractivity contribution < 1.29 is 9.47 Å². The van der Waals surface area contributed by atoms with E-state index in [-0.39, 0.29) is 18.4 Å². The zero-order valence-electron chi connectivity index (χ0n) is 10.3. The Kier molecular flexibility index (Phi) is 7.70. The maximum Gasteiger partial charge on any atom is 0.122 e. The molecule has 0 aliphatic carbocycles. The summed E-state index contributed by atoms with van der Waals surface area (Å²) in [5.74, 6) is 1.52. The van der Waals surface area contributed by atoms with Crippen molar-refractivity contribution >= 4 is 12.4 Å². The molecule has 17 heavy (non-hydrogen) atoms. The van der Waals surface area contributed by atoms with Gasteiger partial charge in [-0.25, -0.2) is 0 Å². The summed E-state index contributed by atoms with van der Waals surface area (Å²) in [6, 6.07) is 5.68. The van der Waals surface area contributed by atoms with Gasteiger partial charge in [0.1, 0.15) is 11.5 Å². The van der Waals surface area contributed by atoms with Crippen molar-refractivity contribution in [1.29, 1.82) is 0 Å². The van der Waals surface area contributed by atoms with Gasteiger partial charge in [-0.05, 0) is 37.1 Å². The highest BCUT2D eigenvalue weighted by Gasteiger charge is 2.09. The van der Waals surface area contributed by atoms with E-state index in [0.717, 1.165) is 29.9 Å². The maximum atomic E-state index is 6.06. The Bertz CT molecular complexity index is 312. The zero-order chi connectivity index (χ0) is 12.0. The second-order valence-electron chi connectivity index (χ2n) is 3.68. The molecule has 0 fully saturated rings. The lowest BCUT2D eigenvalue weighted by Gasteiger charge is -2.14. The number of methoxy groups -OCH3 is 2. The van der Waals surface area contributed by atoms with Gasteiger partial charge in [-0.1, -0.05) is 0 Å². The summed E-state index contributed by atoms with van der Waals surface area (Å²) in [6.07, 6.45) is 1.79. The Morgan fingerprint density at radius 1 is 1.12 bits per heavy atom. The van der Waals surface area contributed by atoms with Gasteiger partial charge in [0.05, 0.1) is 14.2 Å². The molecule has 0 heterocycles. The monoisotopic (exact) mass is 260 g/mol. The van der Waals surface area contributed by atoms with E-state index in [0.29, 0.717) is 6.54 Å². The van der Waals surface area contributed by atoms with Crippen LogP contribution in [0.5, 0.6) is 11.5 Å². The number of hydrogen-bond donors (Lipinski definition) is 2. The molecule has 0 radical (unpaired) electrons. The van der Waals surface area contributed by atoms with E-state index in [1.807, 2.05) is 18.2 Å². The van der Waals surface area contributed by atoms with Gasteiger partial charge in [-0.3, -0.25) is 0 Å². The van der Waals surface area contributed by atoms with Crippen molar-refractivity contribution in [2.45, 2.75) is 18.9 Å². The molecule has 1 atom stereocenters. The third kappa shape index (κ3) is 4.81. The SMILES string of the molecule is COc1cc(OC)cc([C@H](N)CCCN)c1.Cl. The Hall–Kier alpha value is -0.970. The summed E-state index contributed by atoms with van der Waals surface area (Å²) in [4.78, 5) is 0. The van der Waals surface area contributed by atoms with Crippen molar-refractivity contribution in [3.8, 4) is 11.5 Å². The summed E-state index contributed by atoms with van der Waals surface area (Å²) in [6.45, 7) is 0.662. The quantitative estimate of drug-likeness (QED) is 0.819. The average molecular weight is 261 g/mol. The fourth-order valence-corrected chi connectivity index (χ4v) is 1.55. The van der Waals surface area contributed by atoms with Crippen LogP contribution >= 0.6 is 12.4 Å². The minimum atomic E-state index is -0.0208. The van der Waals surface area contributed by atoms with Crippen LogP contribution in [0.2, 0.25) is 0 Å². The van der Waals surface area contributed by atoms with E-state index in [2.05, 4.69) is 0 Å². The zero-order valence-corrected chi connectivity index (χ0v) is 11.1. The van der Waals surface area contributed by atoms with Gasteiger partial charge >= 0.3 is 0 Å². The molecule has 98 valence electrons. The first-order valence-electron chi connectivity index (χ1n) is 5.40. The van der Waals surface area contributed by atoms with Gasteiger partial charge in [0, 0.05) is 12.1 Å². The van der Waals surface area contributed by atoms with Gasteiger partial charge in [-0.15, -0.1) is 12.4 Å². The highest BCUT2D eigenvalue weighted by atomic mass is 35.5. The Morgan fingerprint density at radius 3 is 2.06 bits per heavy atom. The lowest BCUT2D eigenvalue weighted by atomic mass is 10.0. The molecule has 0 unspecified atom stereocenters. The fourth-order valence-electron chi connectivity index (χ4n) is 1.55. The molecular weight excluding hydrogens is 240 g/mol. The van der Waals surface area contributed by atoms with Crippen LogP contribution in [0.25, 0.3) is 0 Å². The maximum absolute atomic E-state index is 6.06. The predicted octanol–water partition coefficient (Wildman–Crippen LogP) is 1.86. The third-order valence-electron chi connectivity index (χ3n) is 2.52. The second-order valence-corrected chi connectivity index (χ2v) is 3.68. The molecule has 0 bridgehead atoms. The molecular formula is C12H21ClN2O2.